The van der Waals surface area contributed by atoms with Crippen molar-refractivity contribution in [3.63, 3.8) is 0 Å². The predicted molar refractivity (Wildman–Crippen MR) is 82.5 cm³/mol. The molecule has 1 heterocycles. The first-order valence-corrected chi connectivity index (χ1v) is 7.37. The molecule has 1 saturated heterocycles. The smallest absolute Gasteiger partial charge is 0.307 e. The second-order valence-corrected chi connectivity index (χ2v) is 5.65. The molecule has 2 rings (SSSR count). The maximum absolute atomic E-state index is 12.1. The molecule has 1 aromatic carbocycles. The van der Waals surface area contributed by atoms with E-state index in [1.54, 1.807) is 13.8 Å². The first-order valence-electron chi connectivity index (χ1n) is 7.37. The van der Waals surface area contributed by atoms with Gasteiger partial charge in [-0.15, -0.1) is 0 Å². The topological polar surface area (TPSA) is 69.6 Å². The highest BCUT2D eigenvalue weighted by Gasteiger charge is 2.25. The van der Waals surface area contributed by atoms with Crippen LogP contribution in [0.25, 0.3) is 0 Å². The number of amides is 1. The summed E-state index contributed by atoms with van der Waals surface area (Å²) >= 11 is 0. The lowest BCUT2D eigenvalue weighted by Crippen LogP contribution is -2.30. The van der Waals surface area contributed by atoms with Gasteiger partial charge in [0, 0.05) is 30.4 Å². The maximum atomic E-state index is 12.1. The van der Waals surface area contributed by atoms with Crippen molar-refractivity contribution in [2.24, 2.45) is 11.8 Å². The third-order valence-corrected chi connectivity index (χ3v) is 4.14. The Morgan fingerprint density at radius 2 is 1.86 bits per heavy atom. The molecule has 0 saturated carbocycles. The average molecular weight is 290 g/mol. The van der Waals surface area contributed by atoms with Gasteiger partial charge in [-0.3, -0.25) is 9.59 Å². The largest absolute Gasteiger partial charge is 0.481 e. The Balaban J connectivity index is 2.03. The molecular formula is C16H22N2O3. The number of benzene rings is 1. The first kappa shape index (κ1) is 15.4. The summed E-state index contributed by atoms with van der Waals surface area (Å²) in [6.45, 7) is 5.28. The van der Waals surface area contributed by atoms with Crippen molar-refractivity contribution >= 4 is 23.3 Å². The van der Waals surface area contributed by atoms with E-state index in [-0.39, 0.29) is 5.91 Å². The zero-order chi connectivity index (χ0) is 15.4. The van der Waals surface area contributed by atoms with Crippen molar-refractivity contribution < 1.29 is 14.7 Å². The normalized spacial score (nSPS) is 17.3. The van der Waals surface area contributed by atoms with Gasteiger partial charge >= 0.3 is 5.97 Å². The van der Waals surface area contributed by atoms with Crippen molar-refractivity contribution in [1.82, 2.24) is 0 Å². The Labute approximate surface area is 125 Å². The zero-order valence-corrected chi connectivity index (χ0v) is 12.5. The summed E-state index contributed by atoms with van der Waals surface area (Å²) in [5, 5.41) is 11.8. The van der Waals surface area contributed by atoms with Crippen LogP contribution in [0.15, 0.2) is 24.3 Å². The second-order valence-electron chi connectivity index (χ2n) is 5.65. The van der Waals surface area contributed by atoms with Crippen LogP contribution in [-0.2, 0) is 9.59 Å². The van der Waals surface area contributed by atoms with Crippen molar-refractivity contribution in [3.8, 4) is 0 Å². The number of nitrogens with zero attached hydrogens (tertiary/aromatic N) is 1. The Bertz CT molecular complexity index is 524. The van der Waals surface area contributed by atoms with Gasteiger partial charge in [-0.1, -0.05) is 19.9 Å². The van der Waals surface area contributed by atoms with Crippen LogP contribution >= 0.6 is 0 Å². The molecule has 0 aromatic heterocycles. The average Bonchev–Trinajstić information content (AvgIpc) is 3.00. The van der Waals surface area contributed by atoms with Crippen LogP contribution in [0, 0.1) is 11.8 Å². The molecule has 2 atom stereocenters. The highest BCUT2D eigenvalue weighted by Crippen LogP contribution is 2.24. The maximum Gasteiger partial charge on any atom is 0.307 e. The van der Waals surface area contributed by atoms with E-state index in [2.05, 4.69) is 10.2 Å². The number of carboxylic acids is 1. The summed E-state index contributed by atoms with van der Waals surface area (Å²) in [7, 11) is 0. The molecule has 2 unspecified atom stereocenters. The fourth-order valence-electron chi connectivity index (χ4n) is 2.45. The molecule has 0 spiro atoms. The van der Waals surface area contributed by atoms with E-state index < -0.39 is 17.8 Å². The Kier molecular flexibility index (Phi) is 4.83. The van der Waals surface area contributed by atoms with Crippen molar-refractivity contribution in [1.29, 1.82) is 0 Å². The van der Waals surface area contributed by atoms with Crippen LogP contribution in [0.5, 0.6) is 0 Å². The number of carbonyl (C=O) groups is 2. The van der Waals surface area contributed by atoms with E-state index in [0.717, 1.165) is 18.8 Å². The number of anilines is 2. The third kappa shape index (κ3) is 3.74. The van der Waals surface area contributed by atoms with Gasteiger partial charge in [0.25, 0.3) is 0 Å². The van der Waals surface area contributed by atoms with E-state index in [1.165, 1.54) is 12.8 Å². The molecular weight excluding hydrogens is 268 g/mol. The SMILES string of the molecule is CC(C(=O)O)C(C)C(=O)Nc1cccc(N2CCCC2)c1. The number of aliphatic carboxylic acids is 1. The van der Waals surface area contributed by atoms with Gasteiger partial charge in [-0.25, -0.2) is 0 Å². The number of carboxylic acid groups (broad SMARTS) is 1. The quantitative estimate of drug-likeness (QED) is 0.874. The Morgan fingerprint density at radius 1 is 1.19 bits per heavy atom. The van der Waals surface area contributed by atoms with Gasteiger partial charge in [-0.2, -0.15) is 0 Å². The molecule has 5 heteroatoms. The molecule has 1 amide bonds. The lowest BCUT2D eigenvalue weighted by Gasteiger charge is -2.19. The van der Waals surface area contributed by atoms with E-state index in [9.17, 15) is 9.59 Å². The summed E-state index contributed by atoms with van der Waals surface area (Å²) in [6.07, 6.45) is 2.40. The zero-order valence-electron chi connectivity index (χ0n) is 12.5. The highest BCUT2D eigenvalue weighted by atomic mass is 16.4. The third-order valence-electron chi connectivity index (χ3n) is 4.14. The van der Waals surface area contributed by atoms with Crippen molar-refractivity contribution in [3.05, 3.63) is 24.3 Å². The molecule has 0 aliphatic carbocycles. The molecule has 21 heavy (non-hydrogen) atoms. The standard InChI is InChI=1S/C16H22N2O3/c1-11(12(2)16(20)21)15(19)17-13-6-5-7-14(10-13)18-8-3-4-9-18/h5-7,10-12H,3-4,8-9H2,1-2H3,(H,17,19)(H,20,21). The number of carbonyl (C=O) groups excluding carboxylic acids is 1. The summed E-state index contributed by atoms with van der Waals surface area (Å²) in [5.74, 6) is -2.49. The van der Waals surface area contributed by atoms with Gasteiger partial charge in [0.05, 0.1) is 5.92 Å². The molecule has 5 nitrogen and oxygen atoms in total. The van der Waals surface area contributed by atoms with Crippen LogP contribution < -0.4 is 10.2 Å². The van der Waals surface area contributed by atoms with E-state index >= 15 is 0 Å². The molecule has 1 aliphatic heterocycles. The Hall–Kier alpha value is -2.04. The van der Waals surface area contributed by atoms with Gasteiger partial charge < -0.3 is 15.3 Å². The highest BCUT2D eigenvalue weighted by molar-refractivity contribution is 5.95. The monoisotopic (exact) mass is 290 g/mol. The first-order chi connectivity index (χ1) is 9.99. The fourth-order valence-corrected chi connectivity index (χ4v) is 2.45. The number of hydrogen-bond donors (Lipinski definition) is 2. The van der Waals surface area contributed by atoms with Crippen molar-refractivity contribution in [2.75, 3.05) is 23.3 Å². The van der Waals surface area contributed by atoms with Gasteiger partial charge in [0.2, 0.25) is 5.91 Å². The van der Waals surface area contributed by atoms with Crippen molar-refractivity contribution in [2.45, 2.75) is 26.7 Å². The fraction of sp³-hybridized carbons (Fsp3) is 0.500. The minimum Gasteiger partial charge on any atom is -0.481 e. The van der Waals surface area contributed by atoms with Crippen LogP contribution in [-0.4, -0.2) is 30.1 Å². The van der Waals surface area contributed by atoms with Crippen LogP contribution in [0.3, 0.4) is 0 Å². The summed E-state index contributed by atoms with van der Waals surface area (Å²) in [6, 6.07) is 7.72. The summed E-state index contributed by atoms with van der Waals surface area (Å²) in [4.78, 5) is 25.3. The van der Waals surface area contributed by atoms with Gasteiger partial charge in [0.1, 0.15) is 0 Å². The van der Waals surface area contributed by atoms with Gasteiger partial charge in [-0.05, 0) is 31.0 Å². The molecule has 0 radical (unpaired) electrons. The molecule has 1 fully saturated rings. The van der Waals surface area contributed by atoms with Crippen LogP contribution in [0.1, 0.15) is 26.7 Å². The minimum atomic E-state index is -0.955. The van der Waals surface area contributed by atoms with Crippen LogP contribution in [0.2, 0.25) is 0 Å². The molecule has 114 valence electrons. The Morgan fingerprint density at radius 3 is 2.48 bits per heavy atom. The molecule has 2 N–H and O–H groups in total. The summed E-state index contributed by atoms with van der Waals surface area (Å²) in [5.41, 5.74) is 1.82. The minimum absolute atomic E-state index is 0.261. The van der Waals surface area contributed by atoms with E-state index in [0.29, 0.717) is 5.69 Å². The molecule has 1 aromatic rings. The summed E-state index contributed by atoms with van der Waals surface area (Å²) < 4.78 is 0. The van der Waals surface area contributed by atoms with Gasteiger partial charge in [0.15, 0.2) is 0 Å². The number of rotatable bonds is 5. The molecule has 1 aliphatic rings. The lowest BCUT2D eigenvalue weighted by molar-refractivity contribution is -0.145. The number of nitrogens with one attached hydrogen (secondary N) is 1. The second kappa shape index (κ2) is 6.61. The van der Waals surface area contributed by atoms with E-state index in [1.807, 2.05) is 24.3 Å². The number of hydrogen-bond acceptors (Lipinski definition) is 3. The lowest BCUT2D eigenvalue weighted by atomic mass is 9.95. The molecule has 0 bridgehead atoms. The van der Waals surface area contributed by atoms with E-state index in [4.69, 9.17) is 5.11 Å². The van der Waals surface area contributed by atoms with Crippen LogP contribution in [0.4, 0.5) is 11.4 Å². The predicted octanol–water partition coefficient (Wildman–Crippen LogP) is 2.58.